The van der Waals surface area contributed by atoms with Crippen LogP contribution in [0.4, 0.5) is 11.7 Å². The standard InChI is InChI=1S/C23H27N7O2/c1-13(2)30-22-19(21(24)25-12-26-22)20(28-30)15-8-6-14(7-9-15)10-17(31)27-18-11-16(29-32-18)23(3,4)5/h6-9,11-13H,10H2,1-5H3,(H,27,31)(H2,24,25,26)/i1D3,13D. The summed E-state index contributed by atoms with van der Waals surface area (Å²) in [5.74, 6) is 0.129. The van der Waals surface area contributed by atoms with E-state index in [0.717, 1.165) is 15.9 Å². The molecule has 0 saturated carbocycles. The summed E-state index contributed by atoms with van der Waals surface area (Å²) in [6.07, 6.45) is 1.30. The van der Waals surface area contributed by atoms with Crippen molar-refractivity contribution in [1.82, 2.24) is 24.9 Å². The summed E-state index contributed by atoms with van der Waals surface area (Å²) in [4.78, 5) is 20.7. The van der Waals surface area contributed by atoms with E-state index in [4.69, 9.17) is 15.7 Å². The van der Waals surface area contributed by atoms with Gasteiger partial charge in [-0.3, -0.25) is 10.1 Å². The molecule has 3 heterocycles. The van der Waals surface area contributed by atoms with Crippen molar-refractivity contribution in [3.63, 3.8) is 0 Å². The topological polar surface area (TPSA) is 125 Å². The van der Waals surface area contributed by atoms with Crippen LogP contribution in [0.3, 0.4) is 0 Å². The number of fused-ring (bicyclic) bond motifs is 1. The van der Waals surface area contributed by atoms with E-state index in [1.54, 1.807) is 30.3 Å². The predicted octanol–water partition coefficient (Wildman–Crippen LogP) is 4.12. The number of hydrogen-bond acceptors (Lipinski definition) is 7. The first kappa shape index (κ1) is 16.9. The number of carbonyl (C=O) groups excluding carboxylic acids is 1. The average molecular weight is 438 g/mol. The smallest absolute Gasteiger partial charge is 0.231 e. The van der Waals surface area contributed by atoms with Crippen molar-refractivity contribution in [2.24, 2.45) is 0 Å². The molecule has 1 atom stereocenters. The van der Waals surface area contributed by atoms with Crippen LogP contribution in [-0.4, -0.2) is 30.8 Å². The van der Waals surface area contributed by atoms with Gasteiger partial charge in [-0.2, -0.15) is 5.10 Å². The van der Waals surface area contributed by atoms with Crippen molar-refractivity contribution in [3.8, 4) is 11.3 Å². The van der Waals surface area contributed by atoms with E-state index in [1.807, 2.05) is 20.8 Å². The molecule has 0 aliphatic heterocycles. The molecule has 3 N–H and O–H groups in total. The Balaban J connectivity index is 1.60. The molecule has 9 nitrogen and oxygen atoms in total. The number of nitrogens with zero attached hydrogens (tertiary/aromatic N) is 5. The second-order valence-electron chi connectivity index (χ2n) is 8.55. The second-order valence-corrected chi connectivity index (χ2v) is 8.55. The van der Waals surface area contributed by atoms with Gasteiger partial charge < -0.3 is 10.3 Å². The third-order valence-corrected chi connectivity index (χ3v) is 4.94. The monoisotopic (exact) mass is 437 g/mol. The molecule has 4 rings (SSSR count). The van der Waals surface area contributed by atoms with Gasteiger partial charge in [-0.25, -0.2) is 14.6 Å². The Morgan fingerprint density at radius 2 is 2.06 bits per heavy atom. The Hall–Kier alpha value is -3.75. The van der Waals surface area contributed by atoms with E-state index >= 15 is 0 Å². The van der Waals surface area contributed by atoms with Crippen LogP contribution in [0.25, 0.3) is 22.3 Å². The Morgan fingerprint density at radius 1 is 1.31 bits per heavy atom. The van der Waals surface area contributed by atoms with Gasteiger partial charge in [-0.05, 0) is 19.3 Å². The molecule has 0 radical (unpaired) electrons. The molecule has 4 aromatic rings. The minimum absolute atomic E-state index is 0.0934. The molecule has 32 heavy (non-hydrogen) atoms. The molecule has 0 saturated heterocycles. The number of aromatic nitrogens is 5. The molecular weight excluding hydrogens is 406 g/mol. The van der Waals surface area contributed by atoms with Gasteiger partial charge in [0.05, 0.1) is 18.9 Å². The highest BCUT2D eigenvalue weighted by atomic mass is 16.5. The summed E-state index contributed by atoms with van der Waals surface area (Å²) in [6, 6.07) is 6.60. The van der Waals surface area contributed by atoms with E-state index in [2.05, 4.69) is 25.5 Å². The number of nitrogens with two attached hydrogens (primary N) is 1. The van der Waals surface area contributed by atoms with Crippen LogP contribution >= 0.6 is 0 Å². The Labute approximate surface area is 191 Å². The quantitative estimate of drug-likeness (QED) is 0.481. The number of benzene rings is 1. The first-order chi connectivity index (χ1) is 16.7. The van der Waals surface area contributed by atoms with Crippen LogP contribution in [0.5, 0.6) is 0 Å². The molecule has 1 aromatic carbocycles. The highest BCUT2D eigenvalue weighted by Gasteiger charge is 2.20. The fourth-order valence-corrected chi connectivity index (χ4v) is 3.25. The zero-order valence-electron chi connectivity index (χ0n) is 22.3. The van der Waals surface area contributed by atoms with Crippen molar-refractivity contribution < 1.29 is 14.8 Å². The van der Waals surface area contributed by atoms with E-state index < -0.39 is 12.9 Å². The number of hydrogen-bond donors (Lipinski definition) is 2. The SMILES string of the molecule is [2H]C([2H])([2H])C([2H])(C)n1nc(-c2ccc(CC(=O)Nc3cc(C(C)(C)C)no3)cc2)c2c(N)ncnc21. The van der Waals surface area contributed by atoms with Crippen LogP contribution in [-0.2, 0) is 16.6 Å². The molecule has 0 fully saturated rings. The van der Waals surface area contributed by atoms with Crippen molar-refractivity contribution in [2.75, 3.05) is 11.1 Å². The maximum atomic E-state index is 12.5. The van der Waals surface area contributed by atoms with Crippen LogP contribution in [0.15, 0.2) is 41.2 Å². The molecule has 0 aliphatic carbocycles. The largest absolute Gasteiger partial charge is 0.383 e. The lowest BCUT2D eigenvalue weighted by Gasteiger charge is -2.12. The maximum Gasteiger partial charge on any atom is 0.231 e. The number of rotatable bonds is 5. The van der Waals surface area contributed by atoms with Crippen molar-refractivity contribution in [3.05, 3.63) is 47.9 Å². The van der Waals surface area contributed by atoms with E-state index in [0.29, 0.717) is 16.6 Å². The Bertz CT molecular complexity index is 1420. The summed E-state index contributed by atoms with van der Waals surface area (Å²) < 4.78 is 38.1. The van der Waals surface area contributed by atoms with Crippen LogP contribution in [0, 0.1) is 0 Å². The summed E-state index contributed by atoms with van der Waals surface area (Å²) in [6.45, 7) is 4.57. The minimum atomic E-state index is -2.67. The first-order valence-corrected chi connectivity index (χ1v) is 10.0. The van der Waals surface area contributed by atoms with Crippen LogP contribution in [0.1, 0.15) is 57.3 Å². The van der Waals surface area contributed by atoms with Gasteiger partial charge in [0.25, 0.3) is 0 Å². The number of nitrogens with one attached hydrogen (secondary N) is 1. The number of carbonyl (C=O) groups is 1. The summed E-state index contributed by atoms with van der Waals surface area (Å²) in [5.41, 5.74) is 8.45. The van der Waals surface area contributed by atoms with Gasteiger partial charge in [0, 0.05) is 27.2 Å². The Morgan fingerprint density at radius 3 is 2.72 bits per heavy atom. The Kier molecular flexibility index (Phi) is 4.26. The molecule has 0 spiro atoms. The lowest BCUT2D eigenvalue weighted by molar-refractivity contribution is -0.115. The summed E-state index contributed by atoms with van der Waals surface area (Å²) in [5, 5.41) is 11.5. The first-order valence-electron chi connectivity index (χ1n) is 12.0. The van der Waals surface area contributed by atoms with Crippen molar-refractivity contribution in [2.45, 2.75) is 52.4 Å². The molecule has 3 aromatic heterocycles. The zero-order chi connectivity index (χ0) is 26.5. The van der Waals surface area contributed by atoms with Gasteiger partial charge >= 0.3 is 0 Å². The van der Waals surface area contributed by atoms with E-state index in [1.165, 1.54) is 13.3 Å². The van der Waals surface area contributed by atoms with Gasteiger partial charge in [-0.15, -0.1) is 0 Å². The molecular formula is C23H27N7O2. The fraction of sp³-hybridized carbons (Fsp3) is 0.348. The molecule has 0 aliphatic rings. The average Bonchev–Trinajstić information content (AvgIpc) is 3.39. The van der Waals surface area contributed by atoms with Gasteiger partial charge in [0.15, 0.2) is 5.65 Å². The summed E-state index contributed by atoms with van der Waals surface area (Å²) in [7, 11) is 0. The normalized spacial score (nSPS) is 16.0. The van der Waals surface area contributed by atoms with Gasteiger partial charge in [0.1, 0.15) is 17.8 Å². The van der Waals surface area contributed by atoms with Gasteiger partial charge in [0.2, 0.25) is 11.8 Å². The van der Waals surface area contributed by atoms with Crippen LogP contribution in [0.2, 0.25) is 0 Å². The molecule has 166 valence electrons. The van der Waals surface area contributed by atoms with Crippen molar-refractivity contribution >= 4 is 28.6 Å². The molecule has 9 heteroatoms. The van der Waals surface area contributed by atoms with Gasteiger partial charge in [-0.1, -0.05) is 50.2 Å². The van der Waals surface area contributed by atoms with E-state index in [9.17, 15) is 4.79 Å². The number of nitrogen functional groups attached to an aromatic ring is 1. The second kappa shape index (κ2) is 8.07. The van der Waals surface area contributed by atoms with Crippen molar-refractivity contribution in [1.29, 1.82) is 0 Å². The molecule has 1 amide bonds. The maximum absolute atomic E-state index is 12.5. The minimum Gasteiger partial charge on any atom is -0.383 e. The fourth-order valence-electron chi connectivity index (χ4n) is 3.25. The predicted molar refractivity (Wildman–Crippen MR) is 123 cm³/mol. The number of anilines is 2. The lowest BCUT2D eigenvalue weighted by Crippen LogP contribution is -2.14. The third kappa shape index (κ3) is 4.18. The number of amides is 1. The molecule has 1 unspecified atom stereocenters. The lowest BCUT2D eigenvalue weighted by atomic mass is 9.92. The molecule has 0 bridgehead atoms. The highest BCUT2D eigenvalue weighted by molar-refractivity contribution is 5.98. The highest BCUT2D eigenvalue weighted by Crippen LogP contribution is 2.31. The zero-order valence-corrected chi connectivity index (χ0v) is 18.3. The van der Waals surface area contributed by atoms with Crippen LogP contribution < -0.4 is 11.1 Å². The van der Waals surface area contributed by atoms with E-state index in [-0.39, 0.29) is 35.1 Å². The third-order valence-electron chi connectivity index (χ3n) is 4.94. The summed E-state index contributed by atoms with van der Waals surface area (Å²) >= 11 is 0.